The van der Waals surface area contributed by atoms with E-state index in [0.29, 0.717) is 12.1 Å². The number of aliphatic carboxylic acids is 1. The van der Waals surface area contributed by atoms with Crippen LogP contribution in [0.15, 0.2) is 12.5 Å². The van der Waals surface area contributed by atoms with E-state index in [-0.39, 0.29) is 24.1 Å². The van der Waals surface area contributed by atoms with Crippen LogP contribution in [0.25, 0.3) is 0 Å². The Balaban J connectivity index is 2.04. The fourth-order valence-corrected chi connectivity index (χ4v) is 2.71. The highest BCUT2D eigenvalue weighted by atomic mass is 32.1. The largest absolute Gasteiger partial charge is 0.480 e. The standard InChI is InChI=1S/C14H21N5O4S/c20-12(9-2-1-3-16-9)18-10(4-8-5-15-7-17-8)13(21)19-11(6-24)14(22)23/h5,7,9-11,16,24H,1-4,6H2,(H,15,17)(H,18,20)(H,19,21)(H,22,23). The first-order valence-corrected chi connectivity index (χ1v) is 8.29. The molecule has 0 bridgehead atoms. The Hall–Kier alpha value is -2.07. The summed E-state index contributed by atoms with van der Waals surface area (Å²) in [6.45, 7) is 0.760. The molecule has 1 fully saturated rings. The van der Waals surface area contributed by atoms with Crippen molar-refractivity contribution in [3.05, 3.63) is 18.2 Å². The summed E-state index contributed by atoms with van der Waals surface area (Å²) in [6, 6.07) is -2.35. The summed E-state index contributed by atoms with van der Waals surface area (Å²) in [5, 5.41) is 17.2. The van der Waals surface area contributed by atoms with Crippen molar-refractivity contribution in [2.45, 2.75) is 37.4 Å². The zero-order chi connectivity index (χ0) is 17.5. The lowest BCUT2D eigenvalue weighted by molar-refractivity contribution is -0.141. The number of rotatable bonds is 8. The van der Waals surface area contributed by atoms with Gasteiger partial charge in [0.1, 0.15) is 12.1 Å². The molecule has 1 saturated heterocycles. The molecule has 0 aromatic carbocycles. The van der Waals surface area contributed by atoms with Crippen LogP contribution >= 0.6 is 12.6 Å². The topological polar surface area (TPSA) is 136 Å². The fourth-order valence-electron chi connectivity index (χ4n) is 2.46. The van der Waals surface area contributed by atoms with Crippen molar-refractivity contribution in [2.75, 3.05) is 12.3 Å². The lowest BCUT2D eigenvalue weighted by Crippen LogP contribution is -2.55. The van der Waals surface area contributed by atoms with Crippen LogP contribution in [0, 0.1) is 0 Å². The number of carboxylic acid groups (broad SMARTS) is 1. The Morgan fingerprint density at radius 2 is 2.17 bits per heavy atom. The van der Waals surface area contributed by atoms with Crippen molar-refractivity contribution in [3.63, 3.8) is 0 Å². The van der Waals surface area contributed by atoms with Crippen LogP contribution in [0.5, 0.6) is 0 Å². The van der Waals surface area contributed by atoms with Crippen LogP contribution < -0.4 is 16.0 Å². The maximum absolute atomic E-state index is 12.4. The summed E-state index contributed by atoms with van der Waals surface area (Å²) in [5.41, 5.74) is 0.660. The first kappa shape index (κ1) is 18.3. The molecule has 2 amide bonds. The average molecular weight is 355 g/mol. The number of amides is 2. The second-order valence-electron chi connectivity index (χ2n) is 5.57. The van der Waals surface area contributed by atoms with Crippen molar-refractivity contribution < 1.29 is 19.5 Å². The predicted molar refractivity (Wildman–Crippen MR) is 88.7 cm³/mol. The molecule has 5 N–H and O–H groups in total. The van der Waals surface area contributed by atoms with E-state index in [2.05, 4.69) is 38.5 Å². The Morgan fingerprint density at radius 3 is 2.71 bits per heavy atom. The fraction of sp³-hybridized carbons (Fsp3) is 0.571. The Morgan fingerprint density at radius 1 is 1.38 bits per heavy atom. The number of nitrogens with one attached hydrogen (secondary N) is 4. The summed E-state index contributed by atoms with van der Waals surface area (Å²) in [4.78, 5) is 42.5. The molecular formula is C14H21N5O4S. The van der Waals surface area contributed by atoms with E-state index in [1.165, 1.54) is 6.33 Å². The number of imidazole rings is 1. The molecule has 10 heteroatoms. The number of aromatic nitrogens is 2. The zero-order valence-electron chi connectivity index (χ0n) is 13.0. The average Bonchev–Trinajstić information content (AvgIpc) is 3.24. The van der Waals surface area contributed by atoms with Gasteiger partial charge in [0, 0.05) is 24.1 Å². The molecule has 0 spiro atoms. The Kier molecular flexibility index (Phi) is 6.62. The smallest absolute Gasteiger partial charge is 0.327 e. The van der Waals surface area contributed by atoms with Gasteiger partial charge in [-0.25, -0.2) is 9.78 Å². The van der Waals surface area contributed by atoms with Gasteiger partial charge in [-0.1, -0.05) is 0 Å². The predicted octanol–water partition coefficient (Wildman–Crippen LogP) is -1.31. The van der Waals surface area contributed by atoms with Gasteiger partial charge in [-0.05, 0) is 19.4 Å². The molecular weight excluding hydrogens is 334 g/mol. The molecule has 24 heavy (non-hydrogen) atoms. The number of carboxylic acids is 1. The van der Waals surface area contributed by atoms with Gasteiger partial charge in [0.25, 0.3) is 0 Å². The summed E-state index contributed by atoms with van der Waals surface area (Å²) >= 11 is 3.92. The molecule has 2 rings (SSSR count). The van der Waals surface area contributed by atoms with Gasteiger partial charge in [-0.15, -0.1) is 0 Å². The van der Waals surface area contributed by atoms with Gasteiger partial charge in [0.15, 0.2) is 0 Å². The molecule has 1 aromatic rings. The quantitative estimate of drug-likeness (QED) is 0.320. The minimum atomic E-state index is -1.18. The molecule has 9 nitrogen and oxygen atoms in total. The third-order valence-electron chi connectivity index (χ3n) is 3.79. The number of hydrogen-bond donors (Lipinski definition) is 6. The number of nitrogens with zero attached hydrogens (tertiary/aromatic N) is 1. The van der Waals surface area contributed by atoms with Crippen LogP contribution in [0.2, 0.25) is 0 Å². The highest BCUT2D eigenvalue weighted by Gasteiger charge is 2.29. The number of aromatic amines is 1. The van der Waals surface area contributed by atoms with Crippen LogP contribution in [0.3, 0.4) is 0 Å². The lowest BCUT2D eigenvalue weighted by Gasteiger charge is -2.22. The van der Waals surface area contributed by atoms with Crippen LogP contribution in [0.4, 0.5) is 0 Å². The number of carbonyl (C=O) groups is 3. The third kappa shape index (κ3) is 4.96. The van der Waals surface area contributed by atoms with Crippen molar-refractivity contribution in [3.8, 4) is 0 Å². The highest BCUT2D eigenvalue weighted by Crippen LogP contribution is 2.07. The SMILES string of the molecule is O=C(O)C(CS)NC(=O)C(Cc1cnc[nH]1)NC(=O)C1CCCN1. The minimum Gasteiger partial charge on any atom is -0.480 e. The number of carbonyl (C=O) groups excluding carboxylic acids is 2. The molecule has 2 heterocycles. The van der Waals surface area contributed by atoms with Gasteiger partial charge in [-0.2, -0.15) is 12.6 Å². The Labute approximate surface area is 144 Å². The third-order valence-corrected chi connectivity index (χ3v) is 4.15. The first-order valence-electron chi connectivity index (χ1n) is 7.66. The molecule has 0 saturated carbocycles. The van der Waals surface area contributed by atoms with Gasteiger partial charge >= 0.3 is 5.97 Å². The summed E-state index contributed by atoms with van der Waals surface area (Å²) < 4.78 is 0. The maximum Gasteiger partial charge on any atom is 0.327 e. The van der Waals surface area contributed by atoms with E-state index >= 15 is 0 Å². The van der Waals surface area contributed by atoms with E-state index in [0.717, 1.165) is 13.0 Å². The molecule has 3 atom stereocenters. The second-order valence-corrected chi connectivity index (χ2v) is 5.94. The van der Waals surface area contributed by atoms with Crippen LogP contribution in [-0.2, 0) is 20.8 Å². The van der Waals surface area contributed by atoms with Crippen LogP contribution in [-0.4, -0.2) is 63.3 Å². The first-order chi connectivity index (χ1) is 11.5. The number of H-pyrrole nitrogens is 1. The minimum absolute atomic E-state index is 0.0457. The summed E-state index contributed by atoms with van der Waals surface area (Å²) in [7, 11) is 0. The molecule has 132 valence electrons. The van der Waals surface area contributed by atoms with E-state index < -0.39 is 24.0 Å². The van der Waals surface area contributed by atoms with E-state index in [9.17, 15) is 14.4 Å². The summed E-state index contributed by atoms with van der Waals surface area (Å²) in [6.07, 6.45) is 4.81. The van der Waals surface area contributed by atoms with Crippen molar-refractivity contribution in [1.82, 2.24) is 25.9 Å². The van der Waals surface area contributed by atoms with Gasteiger partial charge in [-0.3, -0.25) is 9.59 Å². The molecule has 0 radical (unpaired) electrons. The van der Waals surface area contributed by atoms with Crippen molar-refractivity contribution >= 4 is 30.4 Å². The van der Waals surface area contributed by atoms with Gasteiger partial charge < -0.3 is 26.0 Å². The van der Waals surface area contributed by atoms with E-state index in [1.54, 1.807) is 6.20 Å². The monoisotopic (exact) mass is 355 g/mol. The number of thiol groups is 1. The molecule has 1 aliphatic heterocycles. The zero-order valence-corrected chi connectivity index (χ0v) is 13.9. The van der Waals surface area contributed by atoms with Crippen molar-refractivity contribution in [2.24, 2.45) is 0 Å². The van der Waals surface area contributed by atoms with E-state index in [4.69, 9.17) is 5.11 Å². The molecule has 3 unspecified atom stereocenters. The molecule has 1 aliphatic rings. The highest BCUT2D eigenvalue weighted by molar-refractivity contribution is 7.80. The lowest BCUT2D eigenvalue weighted by atomic mass is 10.1. The summed E-state index contributed by atoms with van der Waals surface area (Å²) in [5.74, 6) is -2.07. The maximum atomic E-state index is 12.4. The van der Waals surface area contributed by atoms with Gasteiger partial charge in [0.05, 0.1) is 12.4 Å². The Bertz CT molecular complexity index is 574. The van der Waals surface area contributed by atoms with Crippen LogP contribution in [0.1, 0.15) is 18.5 Å². The van der Waals surface area contributed by atoms with Crippen molar-refractivity contribution in [1.29, 1.82) is 0 Å². The molecule has 1 aromatic heterocycles. The van der Waals surface area contributed by atoms with E-state index in [1.807, 2.05) is 0 Å². The second kappa shape index (κ2) is 8.69. The normalized spacial score (nSPS) is 19.5. The van der Waals surface area contributed by atoms with Gasteiger partial charge in [0.2, 0.25) is 11.8 Å². The molecule has 0 aliphatic carbocycles. The number of hydrogen-bond acceptors (Lipinski definition) is 6.